The van der Waals surface area contributed by atoms with Crippen LogP contribution in [0.25, 0.3) is 0 Å². The molecular weight excluding hydrogens is 302 g/mol. The number of amides is 2. The van der Waals surface area contributed by atoms with Crippen molar-refractivity contribution in [2.45, 2.75) is 19.3 Å². The van der Waals surface area contributed by atoms with Crippen molar-refractivity contribution in [2.75, 3.05) is 10.6 Å². The lowest BCUT2D eigenvalue weighted by Crippen LogP contribution is -2.23. The monoisotopic (exact) mass is 321 g/mol. The minimum absolute atomic E-state index is 0.0186. The zero-order valence-electron chi connectivity index (χ0n) is 13.2. The minimum atomic E-state index is -0.210. The molecule has 0 bridgehead atoms. The van der Waals surface area contributed by atoms with Gasteiger partial charge in [-0.25, -0.2) is 0 Å². The van der Waals surface area contributed by atoms with Gasteiger partial charge in [0.05, 0.1) is 0 Å². The third-order valence-corrected chi connectivity index (χ3v) is 3.97. The average molecular weight is 321 g/mol. The zero-order chi connectivity index (χ0) is 16.8. The second-order valence-corrected chi connectivity index (χ2v) is 5.74. The van der Waals surface area contributed by atoms with E-state index in [1.165, 1.54) is 0 Å². The second kappa shape index (κ2) is 7.55. The van der Waals surface area contributed by atoms with E-state index in [-0.39, 0.29) is 17.7 Å². The van der Waals surface area contributed by atoms with Gasteiger partial charge >= 0.3 is 0 Å². The SMILES string of the molecule is O=C(Nc1cccc(NC(=O)C2CC=CCC2)c1)c1ccncc1. The molecule has 0 saturated heterocycles. The molecule has 1 heterocycles. The molecule has 1 aromatic carbocycles. The molecule has 5 nitrogen and oxygen atoms in total. The van der Waals surface area contributed by atoms with Crippen LogP contribution in [0.4, 0.5) is 11.4 Å². The first kappa shape index (κ1) is 15.9. The molecular formula is C19H19N3O2. The van der Waals surface area contributed by atoms with Gasteiger partial charge in [-0.2, -0.15) is 0 Å². The molecule has 0 fully saturated rings. The Morgan fingerprint density at radius 1 is 1.00 bits per heavy atom. The standard InChI is InChI=1S/C19H19N3O2/c23-18(14-5-2-1-3-6-14)21-16-7-4-8-17(13-16)22-19(24)15-9-11-20-12-10-15/h1-2,4,7-14H,3,5-6H2,(H,21,23)(H,22,24). The maximum atomic E-state index is 12.3. The van der Waals surface area contributed by atoms with Crippen LogP contribution in [-0.4, -0.2) is 16.8 Å². The fraction of sp³-hybridized carbons (Fsp3) is 0.211. The highest BCUT2D eigenvalue weighted by Crippen LogP contribution is 2.22. The fourth-order valence-corrected chi connectivity index (χ4v) is 2.66. The van der Waals surface area contributed by atoms with Gasteiger partial charge in [-0.1, -0.05) is 18.2 Å². The number of anilines is 2. The van der Waals surface area contributed by atoms with Gasteiger partial charge in [-0.05, 0) is 49.6 Å². The van der Waals surface area contributed by atoms with Crippen molar-refractivity contribution in [2.24, 2.45) is 5.92 Å². The Balaban J connectivity index is 1.64. The summed E-state index contributed by atoms with van der Waals surface area (Å²) in [6.07, 6.45) is 9.91. The molecule has 122 valence electrons. The van der Waals surface area contributed by atoms with E-state index in [0.717, 1.165) is 19.3 Å². The van der Waals surface area contributed by atoms with Crippen LogP contribution in [0.2, 0.25) is 0 Å². The van der Waals surface area contributed by atoms with Crippen LogP contribution in [0.1, 0.15) is 29.6 Å². The van der Waals surface area contributed by atoms with Crippen molar-refractivity contribution >= 4 is 23.2 Å². The first-order chi connectivity index (χ1) is 11.7. The molecule has 1 aliphatic carbocycles. The topological polar surface area (TPSA) is 71.1 Å². The zero-order valence-corrected chi connectivity index (χ0v) is 13.2. The summed E-state index contributed by atoms with van der Waals surface area (Å²) in [5.74, 6) is -0.166. The number of nitrogens with zero attached hydrogens (tertiary/aromatic N) is 1. The third kappa shape index (κ3) is 4.07. The van der Waals surface area contributed by atoms with E-state index >= 15 is 0 Å². The molecule has 1 atom stereocenters. The Hall–Kier alpha value is -2.95. The van der Waals surface area contributed by atoms with Gasteiger partial charge in [0, 0.05) is 35.2 Å². The van der Waals surface area contributed by atoms with Gasteiger partial charge in [-0.15, -0.1) is 0 Å². The van der Waals surface area contributed by atoms with Gasteiger partial charge in [0.25, 0.3) is 5.91 Å². The van der Waals surface area contributed by atoms with Crippen molar-refractivity contribution < 1.29 is 9.59 Å². The van der Waals surface area contributed by atoms with Crippen LogP contribution in [0.15, 0.2) is 60.9 Å². The number of carbonyl (C=O) groups is 2. The maximum absolute atomic E-state index is 12.3. The Labute approximate surface area is 140 Å². The number of allylic oxidation sites excluding steroid dienone is 2. The second-order valence-electron chi connectivity index (χ2n) is 5.74. The first-order valence-corrected chi connectivity index (χ1v) is 8.00. The normalized spacial score (nSPS) is 16.4. The molecule has 0 aliphatic heterocycles. The molecule has 5 heteroatoms. The van der Waals surface area contributed by atoms with E-state index in [9.17, 15) is 9.59 Å². The molecule has 24 heavy (non-hydrogen) atoms. The predicted octanol–water partition coefficient (Wildman–Crippen LogP) is 3.63. The van der Waals surface area contributed by atoms with Crippen molar-refractivity contribution in [3.8, 4) is 0 Å². The number of aromatic nitrogens is 1. The van der Waals surface area contributed by atoms with Crippen LogP contribution in [0.5, 0.6) is 0 Å². The van der Waals surface area contributed by atoms with Crippen molar-refractivity contribution in [1.29, 1.82) is 0 Å². The molecule has 0 saturated carbocycles. The van der Waals surface area contributed by atoms with Crippen LogP contribution in [0, 0.1) is 5.92 Å². The summed E-state index contributed by atoms with van der Waals surface area (Å²) >= 11 is 0. The summed E-state index contributed by atoms with van der Waals surface area (Å²) in [4.78, 5) is 28.3. The summed E-state index contributed by atoms with van der Waals surface area (Å²) in [6, 6.07) is 10.5. The molecule has 2 amide bonds. The van der Waals surface area contributed by atoms with Crippen molar-refractivity contribution in [3.63, 3.8) is 0 Å². The number of rotatable bonds is 4. The van der Waals surface area contributed by atoms with E-state index in [0.29, 0.717) is 16.9 Å². The van der Waals surface area contributed by atoms with Crippen molar-refractivity contribution in [3.05, 3.63) is 66.5 Å². The Morgan fingerprint density at radius 3 is 2.46 bits per heavy atom. The highest BCUT2D eigenvalue weighted by molar-refractivity contribution is 6.04. The van der Waals surface area contributed by atoms with E-state index in [1.807, 2.05) is 6.07 Å². The lowest BCUT2D eigenvalue weighted by Gasteiger charge is -2.17. The van der Waals surface area contributed by atoms with Crippen LogP contribution in [-0.2, 0) is 4.79 Å². The Morgan fingerprint density at radius 2 is 1.75 bits per heavy atom. The van der Waals surface area contributed by atoms with Gasteiger partial charge in [0.2, 0.25) is 5.91 Å². The number of hydrogen-bond acceptors (Lipinski definition) is 3. The smallest absolute Gasteiger partial charge is 0.255 e. The molecule has 0 spiro atoms. The largest absolute Gasteiger partial charge is 0.326 e. The fourth-order valence-electron chi connectivity index (χ4n) is 2.66. The van der Waals surface area contributed by atoms with Gasteiger partial charge < -0.3 is 10.6 Å². The lowest BCUT2D eigenvalue weighted by atomic mass is 9.93. The molecule has 1 unspecified atom stereocenters. The number of hydrogen-bond donors (Lipinski definition) is 2. The van der Waals surface area contributed by atoms with Crippen molar-refractivity contribution in [1.82, 2.24) is 4.98 Å². The summed E-state index contributed by atoms with van der Waals surface area (Å²) in [6.45, 7) is 0. The van der Waals surface area contributed by atoms with Gasteiger partial charge in [0.15, 0.2) is 0 Å². The Kier molecular flexibility index (Phi) is 5.01. The molecule has 2 N–H and O–H groups in total. The minimum Gasteiger partial charge on any atom is -0.326 e. The van der Waals surface area contributed by atoms with Crippen LogP contribution in [0.3, 0.4) is 0 Å². The quantitative estimate of drug-likeness (QED) is 0.845. The first-order valence-electron chi connectivity index (χ1n) is 8.00. The number of carbonyl (C=O) groups excluding carboxylic acids is 2. The predicted molar refractivity (Wildman–Crippen MR) is 93.7 cm³/mol. The molecule has 1 aliphatic rings. The van der Waals surface area contributed by atoms with E-state index < -0.39 is 0 Å². The van der Waals surface area contributed by atoms with Gasteiger partial charge in [0.1, 0.15) is 0 Å². The lowest BCUT2D eigenvalue weighted by molar-refractivity contribution is -0.120. The van der Waals surface area contributed by atoms with Crippen LogP contribution >= 0.6 is 0 Å². The highest BCUT2D eigenvalue weighted by Gasteiger charge is 2.18. The number of pyridine rings is 1. The molecule has 2 aromatic rings. The number of benzene rings is 1. The third-order valence-electron chi connectivity index (χ3n) is 3.97. The van der Waals surface area contributed by atoms with E-state index in [1.54, 1.807) is 42.7 Å². The molecule has 3 rings (SSSR count). The summed E-state index contributed by atoms with van der Waals surface area (Å²) in [7, 11) is 0. The molecule has 0 radical (unpaired) electrons. The molecule has 1 aromatic heterocycles. The summed E-state index contributed by atoms with van der Waals surface area (Å²) in [5.41, 5.74) is 1.86. The maximum Gasteiger partial charge on any atom is 0.255 e. The average Bonchev–Trinajstić information content (AvgIpc) is 2.63. The number of nitrogens with one attached hydrogen (secondary N) is 2. The van der Waals surface area contributed by atoms with Gasteiger partial charge in [-0.3, -0.25) is 14.6 Å². The summed E-state index contributed by atoms with van der Waals surface area (Å²) in [5, 5.41) is 5.75. The van der Waals surface area contributed by atoms with E-state index in [2.05, 4.69) is 27.8 Å². The van der Waals surface area contributed by atoms with E-state index in [4.69, 9.17) is 0 Å². The van der Waals surface area contributed by atoms with Crippen LogP contribution < -0.4 is 10.6 Å². The highest BCUT2D eigenvalue weighted by atomic mass is 16.2. The summed E-state index contributed by atoms with van der Waals surface area (Å²) < 4.78 is 0. The Bertz CT molecular complexity index is 756.